The zero-order valence-corrected chi connectivity index (χ0v) is 12.6. The lowest BCUT2D eigenvalue weighted by molar-refractivity contribution is 0.315. The fourth-order valence-corrected chi connectivity index (χ4v) is 3.23. The normalized spacial score (nSPS) is 20.8. The molecule has 1 saturated heterocycles. The van der Waals surface area contributed by atoms with Gasteiger partial charge in [-0.15, -0.1) is 0 Å². The lowest BCUT2D eigenvalue weighted by Gasteiger charge is -2.21. The number of rotatable bonds is 2. The van der Waals surface area contributed by atoms with Crippen LogP contribution in [0, 0.1) is 0 Å². The van der Waals surface area contributed by atoms with Crippen molar-refractivity contribution in [1.82, 2.24) is 9.88 Å². The van der Waals surface area contributed by atoms with E-state index < -0.39 is 0 Å². The largest absolute Gasteiger partial charge is 0.354 e. The lowest BCUT2D eigenvalue weighted by atomic mass is 10.2. The molecule has 3 nitrogen and oxygen atoms in total. The number of likely N-dealkylation sites (N-methyl/N-ethyl adjacent to an activating group) is 1. The summed E-state index contributed by atoms with van der Waals surface area (Å²) in [7, 11) is 4.27. The molecule has 2 rings (SSSR count). The highest BCUT2D eigenvalue weighted by atomic mass is 79.9. The smallest absolute Gasteiger partial charge is 0.142 e. The van der Waals surface area contributed by atoms with Gasteiger partial charge in [0.25, 0.3) is 0 Å². The summed E-state index contributed by atoms with van der Waals surface area (Å²) in [6.07, 6.45) is 3.06. The van der Waals surface area contributed by atoms with Gasteiger partial charge in [0.05, 0.1) is 4.47 Å². The maximum atomic E-state index is 4.47. The molecule has 0 amide bonds. The number of hydrogen-bond acceptors (Lipinski definition) is 3. The number of pyridine rings is 1. The lowest BCUT2D eigenvalue weighted by Crippen LogP contribution is -2.31. The Morgan fingerprint density at radius 3 is 2.75 bits per heavy atom. The van der Waals surface area contributed by atoms with Crippen molar-refractivity contribution in [3.05, 3.63) is 21.2 Å². The molecule has 88 valence electrons. The molecular formula is C11H15Br2N3. The van der Waals surface area contributed by atoms with Gasteiger partial charge in [-0.1, -0.05) is 0 Å². The molecule has 16 heavy (non-hydrogen) atoms. The van der Waals surface area contributed by atoms with Crippen LogP contribution in [0.5, 0.6) is 0 Å². The molecule has 0 spiro atoms. The SMILES string of the molecule is CN(C)C1CCN(c2ncc(Br)cc2Br)C1. The molecule has 0 bridgehead atoms. The molecule has 1 aliphatic rings. The van der Waals surface area contributed by atoms with Crippen LogP contribution in [0.15, 0.2) is 21.2 Å². The maximum absolute atomic E-state index is 4.47. The van der Waals surface area contributed by atoms with Crippen LogP contribution in [-0.4, -0.2) is 43.1 Å². The van der Waals surface area contributed by atoms with E-state index in [1.54, 1.807) is 0 Å². The predicted molar refractivity (Wildman–Crippen MR) is 73.9 cm³/mol. The molecule has 1 unspecified atom stereocenters. The summed E-state index contributed by atoms with van der Waals surface area (Å²) < 4.78 is 2.06. The van der Waals surface area contributed by atoms with E-state index in [1.165, 1.54) is 6.42 Å². The first-order chi connectivity index (χ1) is 7.58. The van der Waals surface area contributed by atoms with Gasteiger partial charge in [-0.3, -0.25) is 0 Å². The van der Waals surface area contributed by atoms with Crippen molar-refractivity contribution in [3.63, 3.8) is 0 Å². The van der Waals surface area contributed by atoms with Gasteiger partial charge >= 0.3 is 0 Å². The Balaban J connectivity index is 2.14. The number of anilines is 1. The molecule has 0 saturated carbocycles. The summed E-state index contributed by atoms with van der Waals surface area (Å²) in [6, 6.07) is 2.68. The van der Waals surface area contributed by atoms with Gasteiger partial charge in [-0.05, 0) is 58.4 Å². The second-order valence-electron chi connectivity index (χ2n) is 4.31. The van der Waals surface area contributed by atoms with E-state index in [-0.39, 0.29) is 0 Å². The van der Waals surface area contributed by atoms with E-state index >= 15 is 0 Å². The van der Waals surface area contributed by atoms with E-state index in [0.29, 0.717) is 6.04 Å². The van der Waals surface area contributed by atoms with Crippen LogP contribution in [0.25, 0.3) is 0 Å². The number of aromatic nitrogens is 1. The van der Waals surface area contributed by atoms with Crippen molar-refractivity contribution >= 4 is 37.7 Å². The van der Waals surface area contributed by atoms with E-state index in [0.717, 1.165) is 27.9 Å². The maximum Gasteiger partial charge on any atom is 0.142 e. The Hall–Kier alpha value is -0.130. The minimum Gasteiger partial charge on any atom is -0.354 e. The van der Waals surface area contributed by atoms with Crippen LogP contribution in [0.1, 0.15) is 6.42 Å². The molecule has 1 atom stereocenters. The highest BCUT2D eigenvalue weighted by Gasteiger charge is 2.25. The fraction of sp³-hybridized carbons (Fsp3) is 0.545. The van der Waals surface area contributed by atoms with Crippen LogP contribution in [0.4, 0.5) is 5.82 Å². The molecular weight excluding hydrogens is 334 g/mol. The standard InChI is InChI=1S/C11H15Br2N3/c1-15(2)9-3-4-16(7-9)11-10(13)5-8(12)6-14-11/h5-6,9H,3-4,7H2,1-2H3. The summed E-state index contributed by atoms with van der Waals surface area (Å²) in [5.41, 5.74) is 0. The molecule has 0 aromatic carbocycles. The molecule has 0 aliphatic carbocycles. The molecule has 5 heteroatoms. The van der Waals surface area contributed by atoms with Crippen molar-refractivity contribution < 1.29 is 0 Å². The zero-order valence-electron chi connectivity index (χ0n) is 9.45. The summed E-state index contributed by atoms with van der Waals surface area (Å²) in [5.74, 6) is 1.05. The molecule has 2 heterocycles. The molecule has 1 aliphatic heterocycles. The van der Waals surface area contributed by atoms with Crippen LogP contribution < -0.4 is 4.90 Å². The highest BCUT2D eigenvalue weighted by Crippen LogP contribution is 2.29. The highest BCUT2D eigenvalue weighted by molar-refractivity contribution is 9.11. The third-order valence-corrected chi connectivity index (χ3v) is 4.00. The Bertz CT molecular complexity index is 381. The number of halogens is 2. The molecule has 0 radical (unpaired) electrons. The Labute approximate surface area is 113 Å². The summed E-state index contributed by atoms with van der Waals surface area (Å²) in [5, 5.41) is 0. The van der Waals surface area contributed by atoms with Crippen molar-refractivity contribution in [2.45, 2.75) is 12.5 Å². The fourth-order valence-electron chi connectivity index (χ4n) is 2.00. The topological polar surface area (TPSA) is 19.4 Å². The molecule has 1 aromatic heterocycles. The number of hydrogen-bond donors (Lipinski definition) is 0. The number of nitrogens with zero attached hydrogens (tertiary/aromatic N) is 3. The van der Waals surface area contributed by atoms with Gasteiger partial charge in [-0.25, -0.2) is 4.98 Å². The van der Waals surface area contributed by atoms with Crippen LogP contribution in [0.2, 0.25) is 0 Å². The molecule has 1 aromatic rings. The second-order valence-corrected chi connectivity index (χ2v) is 6.08. The van der Waals surface area contributed by atoms with Gasteiger partial charge in [0, 0.05) is 29.8 Å². The van der Waals surface area contributed by atoms with Crippen molar-refractivity contribution in [2.75, 3.05) is 32.1 Å². The van der Waals surface area contributed by atoms with Crippen LogP contribution in [0.3, 0.4) is 0 Å². The average Bonchev–Trinajstić information content (AvgIpc) is 2.66. The average molecular weight is 349 g/mol. The Kier molecular flexibility index (Phi) is 3.87. The van der Waals surface area contributed by atoms with E-state index in [9.17, 15) is 0 Å². The van der Waals surface area contributed by atoms with Gasteiger partial charge in [0.15, 0.2) is 0 Å². The van der Waals surface area contributed by atoms with Gasteiger partial charge < -0.3 is 9.80 Å². The first kappa shape index (κ1) is 12.3. The van der Waals surface area contributed by atoms with Crippen molar-refractivity contribution in [2.24, 2.45) is 0 Å². The van der Waals surface area contributed by atoms with Crippen molar-refractivity contribution in [3.8, 4) is 0 Å². The van der Waals surface area contributed by atoms with Crippen LogP contribution in [-0.2, 0) is 0 Å². The minimum atomic E-state index is 0.636. The quantitative estimate of drug-likeness (QED) is 0.819. The molecule has 0 N–H and O–H groups in total. The van der Waals surface area contributed by atoms with Gasteiger partial charge in [0.2, 0.25) is 0 Å². The molecule has 1 fully saturated rings. The summed E-state index contributed by atoms with van der Waals surface area (Å²) >= 11 is 6.99. The summed E-state index contributed by atoms with van der Waals surface area (Å²) in [6.45, 7) is 2.14. The third-order valence-electron chi connectivity index (χ3n) is 2.98. The second kappa shape index (κ2) is 5.02. The minimum absolute atomic E-state index is 0.636. The van der Waals surface area contributed by atoms with E-state index in [1.807, 2.05) is 12.3 Å². The van der Waals surface area contributed by atoms with Gasteiger partial charge in [-0.2, -0.15) is 0 Å². The van der Waals surface area contributed by atoms with E-state index in [4.69, 9.17) is 0 Å². The van der Waals surface area contributed by atoms with Crippen LogP contribution >= 0.6 is 31.9 Å². The third kappa shape index (κ3) is 2.57. The predicted octanol–water partition coefficient (Wildman–Crippen LogP) is 2.75. The van der Waals surface area contributed by atoms with Crippen molar-refractivity contribution in [1.29, 1.82) is 0 Å². The first-order valence-electron chi connectivity index (χ1n) is 5.30. The van der Waals surface area contributed by atoms with Gasteiger partial charge in [0.1, 0.15) is 5.82 Å². The monoisotopic (exact) mass is 347 g/mol. The Morgan fingerprint density at radius 2 is 2.19 bits per heavy atom. The zero-order chi connectivity index (χ0) is 11.7. The Morgan fingerprint density at radius 1 is 1.44 bits per heavy atom. The summed E-state index contributed by atoms with van der Waals surface area (Å²) in [4.78, 5) is 9.09. The first-order valence-corrected chi connectivity index (χ1v) is 6.89. The van der Waals surface area contributed by atoms with E-state index in [2.05, 4.69) is 60.7 Å².